The van der Waals surface area contributed by atoms with Gasteiger partial charge < -0.3 is 25.0 Å². The fraction of sp³-hybridized carbons (Fsp3) is 0.571. The Morgan fingerprint density at radius 1 is 1.17 bits per heavy atom. The maximum Gasteiger partial charge on any atom is 0.414 e. The number of aryl methyl sites for hydroxylation is 1. The molecule has 1 aliphatic rings. The largest absolute Gasteiger partial charge is 0.473 e. The molecule has 1 fully saturated rings. The average Bonchev–Trinajstić information content (AvgIpc) is 2.93. The number of carboxylic acids is 2. The first-order valence-electron chi connectivity index (χ1n) is 7.46. The smallest absolute Gasteiger partial charge is 0.414 e. The Hall–Kier alpha value is -2.46. The van der Waals surface area contributed by atoms with E-state index < -0.39 is 11.9 Å². The molecule has 2 rings (SSSR count). The topological polar surface area (TPSA) is 136 Å². The molecule has 1 saturated heterocycles. The number of carboxylic acid groups (broad SMARTS) is 2. The number of piperazine rings is 1. The highest BCUT2D eigenvalue weighted by atomic mass is 16.5. The van der Waals surface area contributed by atoms with E-state index in [-0.39, 0.29) is 5.91 Å². The van der Waals surface area contributed by atoms with Gasteiger partial charge in [-0.3, -0.25) is 9.69 Å². The molecule has 1 aliphatic heterocycles. The lowest BCUT2D eigenvalue weighted by molar-refractivity contribution is -0.159. The summed E-state index contributed by atoms with van der Waals surface area (Å²) in [6, 6.07) is 1.72. The molecule has 10 nitrogen and oxygen atoms in total. The summed E-state index contributed by atoms with van der Waals surface area (Å²) in [6.07, 6.45) is 0. The van der Waals surface area contributed by atoms with Crippen LogP contribution in [0.15, 0.2) is 10.6 Å². The zero-order valence-electron chi connectivity index (χ0n) is 13.7. The van der Waals surface area contributed by atoms with Crippen molar-refractivity contribution in [2.75, 3.05) is 44.6 Å². The predicted octanol–water partition coefficient (Wildman–Crippen LogP) is -0.285. The summed E-state index contributed by atoms with van der Waals surface area (Å²) in [5.74, 6) is -2.50. The highest BCUT2D eigenvalue weighted by Crippen LogP contribution is 2.07. The van der Waals surface area contributed by atoms with Crippen LogP contribution >= 0.6 is 0 Å². The minimum Gasteiger partial charge on any atom is -0.473 e. The van der Waals surface area contributed by atoms with Crippen molar-refractivity contribution in [3.8, 4) is 0 Å². The van der Waals surface area contributed by atoms with E-state index in [2.05, 4.69) is 27.2 Å². The molecular weight excluding hydrogens is 320 g/mol. The van der Waals surface area contributed by atoms with Gasteiger partial charge in [-0.15, -0.1) is 0 Å². The van der Waals surface area contributed by atoms with Crippen molar-refractivity contribution in [1.82, 2.24) is 15.0 Å². The molecule has 24 heavy (non-hydrogen) atoms. The van der Waals surface area contributed by atoms with Crippen LogP contribution in [0, 0.1) is 6.92 Å². The second-order valence-electron chi connectivity index (χ2n) is 5.19. The van der Waals surface area contributed by atoms with E-state index >= 15 is 0 Å². The summed E-state index contributed by atoms with van der Waals surface area (Å²) >= 11 is 0. The maximum atomic E-state index is 11.8. The lowest BCUT2D eigenvalue weighted by Gasteiger charge is -2.33. The summed E-state index contributed by atoms with van der Waals surface area (Å²) in [5.41, 5.74) is 0. The van der Waals surface area contributed by atoms with E-state index in [9.17, 15) is 4.79 Å². The molecule has 0 atom stereocenters. The van der Waals surface area contributed by atoms with E-state index in [1.807, 2.05) is 0 Å². The highest BCUT2D eigenvalue weighted by molar-refractivity contribution is 6.27. The third-order valence-corrected chi connectivity index (χ3v) is 3.36. The van der Waals surface area contributed by atoms with Crippen LogP contribution in [-0.4, -0.2) is 82.3 Å². The highest BCUT2D eigenvalue weighted by Gasteiger charge is 2.18. The number of rotatable bonds is 4. The summed E-state index contributed by atoms with van der Waals surface area (Å²) in [4.78, 5) is 34.5. The van der Waals surface area contributed by atoms with Gasteiger partial charge in [0, 0.05) is 32.2 Å². The van der Waals surface area contributed by atoms with Crippen LogP contribution in [0.1, 0.15) is 12.7 Å². The summed E-state index contributed by atoms with van der Waals surface area (Å²) in [6.45, 7) is 9.42. The number of anilines is 1. The van der Waals surface area contributed by atoms with Gasteiger partial charge in [-0.2, -0.15) is 0 Å². The van der Waals surface area contributed by atoms with Crippen LogP contribution in [0.2, 0.25) is 0 Å². The number of hydrogen-bond donors (Lipinski definition) is 3. The van der Waals surface area contributed by atoms with E-state index in [1.54, 1.807) is 13.0 Å². The molecule has 0 spiro atoms. The van der Waals surface area contributed by atoms with Crippen LogP contribution in [-0.2, 0) is 14.4 Å². The molecule has 0 aromatic carbocycles. The van der Waals surface area contributed by atoms with Gasteiger partial charge in [0.1, 0.15) is 5.76 Å². The molecule has 3 N–H and O–H groups in total. The maximum absolute atomic E-state index is 11.8. The molecule has 10 heteroatoms. The summed E-state index contributed by atoms with van der Waals surface area (Å²) in [7, 11) is 0. The second kappa shape index (κ2) is 9.63. The Morgan fingerprint density at radius 2 is 1.71 bits per heavy atom. The fourth-order valence-electron chi connectivity index (χ4n) is 2.07. The number of aliphatic carboxylic acids is 2. The van der Waals surface area contributed by atoms with Crippen LogP contribution in [0.4, 0.5) is 5.82 Å². The van der Waals surface area contributed by atoms with Gasteiger partial charge in [-0.05, 0) is 13.5 Å². The lowest BCUT2D eigenvalue weighted by atomic mass is 10.3. The number of aromatic nitrogens is 1. The first-order valence-corrected chi connectivity index (χ1v) is 7.46. The molecule has 0 saturated carbocycles. The minimum atomic E-state index is -1.82. The first kappa shape index (κ1) is 19.6. The molecule has 0 aliphatic carbocycles. The molecule has 1 aromatic heterocycles. The van der Waals surface area contributed by atoms with Crippen molar-refractivity contribution in [1.29, 1.82) is 0 Å². The Morgan fingerprint density at radius 3 is 2.12 bits per heavy atom. The molecule has 1 aromatic rings. The SMILES string of the molecule is CCN1CCN(CC(=O)Nc2cc(C)on2)CC1.O=C(O)C(=O)O. The third-order valence-electron chi connectivity index (χ3n) is 3.36. The molecule has 2 heterocycles. The standard InChI is InChI=1S/C12H20N4O2.C2H2O4/c1-3-15-4-6-16(7-5-15)9-12(17)13-11-8-10(2)18-14-11;3-1(4)2(5)6/h8H,3-7,9H2,1-2H3,(H,13,14,17);(H,3,4)(H,5,6). The number of nitrogens with one attached hydrogen (secondary N) is 1. The van der Waals surface area contributed by atoms with Crippen molar-refractivity contribution in [2.45, 2.75) is 13.8 Å². The molecule has 0 bridgehead atoms. The quantitative estimate of drug-likeness (QED) is 0.631. The van der Waals surface area contributed by atoms with Crippen molar-refractivity contribution >= 4 is 23.7 Å². The number of carbonyl (C=O) groups is 3. The number of amides is 1. The van der Waals surface area contributed by atoms with Crippen molar-refractivity contribution in [3.05, 3.63) is 11.8 Å². The number of carbonyl (C=O) groups excluding carboxylic acids is 1. The average molecular weight is 342 g/mol. The normalized spacial score (nSPS) is 15.2. The zero-order chi connectivity index (χ0) is 18.1. The van der Waals surface area contributed by atoms with E-state index in [1.165, 1.54) is 0 Å². The molecule has 0 unspecified atom stereocenters. The predicted molar refractivity (Wildman–Crippen MR) is 83.7 cm³/mol. The number of hydrogen-bond acceptors (Lipinski definition) is 7. The monoisotopic (exact) mass is 342 g/mol. The summed E-state index contributed by atoms with van der Waals surface area (Å²) in [5, 5.41) is 21.3. The van der Waals surface area contributed by atoms with Crippen LogP contribution in [0.25, 0.3) is 0 Å². The van der Waals surface area contributed by atoms with E-state index in [0.717, 1.165) is 32.7 Å². The molecule has 0 radical (unpaired) electrons. The third kappa shape index (κ3) is 7.20. The van der Waals surface area contributed by atoms with Gasteiger partial charge in [0.05, 0.1) is 6.54 Å². The summed E-state index contributed by atoms with van der Waals surface area (Å²) < 4.78 is 4.90. The lowest BCUT2D eigenvalue weighted by Crippen LogP contribution is -2.48. The van der Waals surface area contributed by atoms with Crippen LogP contribution in [0.5, 0.6) is 0 Å². The zero-order valence-corrected chi connectivity index (χ0v) is 13.7. The first-order chi connectivity index (χ1) is 11.3. The van der Waals surface area contributed by atoms with Crippen molar-refractivity contribution < 1.29 is 29.1 Å². The Bertz CT molecular complexity index is 553. The van der Waals surface area contributed by atoms with E-state index in [0.29, 0.717) is 18.1 Å². The second-order valence-corrected chi connectivity index (χ2v) is 5.19. The Kier molecular flexibility index (Phi) is 7.86. The number of nitrogens with zero attached hydrogens (tertiary/aromatic N) is 3. The van der Waals surface area contributed by atoms with Gasteiger partial charge in [0.2, 0.25) is 5.91 Å². The van der Waals surface area contributed by atoms with Crippen molar-refractivity contribution in [3.63, 3.8) is 0 Å². The van der Waals surface area contributed by atoms with Crippen molar-refractivity contribution in [2.24, 2.45) is 0 Å². The molecule has 1 amide bonds. The Labute approximate surface area is 139 Å². The Balaban J connectivity index is 0.000000413. The van der Waals surface area contributed by atoms with Gasteiger partial charge in [0.25, 0.3) is 0 Å². The van der Waals surface area contributed by atoms with Gasteiger partial charge in [-0.1, -0.05) is 12.1 Å². The molecular formula is C14H22N4O6. The van der Waals surface area contributed by atoms with Crippen LogP contribution < -0.4 is 5.32 Å². The van der Waals surface area contributed by atoms with Gasteiger partial charge in [0.15, 0.2) is 5.82 Å². The number of likely N-dealkylation sites (N-methyl/N-ethyl adjacent to an activating group) is 1. The van der Waals surface area contributed by atoms with Gasteiger partial charge in [-0.25, -0.2) is 9.59 Å². The fourth-order valence-corrected chi connectivity index (χ4v) is 2.07. The molecule has 134 valence electrons. The minimum absolute atomic E-state index is 0.0340. The van der Waals surface area contributed by atoms with E-state index in [4.69, 9.17) is 24.3 Å². The van der Waals surface area contributed by atoms with Gasteiger partial charge >= 0.3 is 11.9 Å². The van der Waals surface area contributed by atoms with Crippen LogP contribution in [0.3, 0.4) is 0 Å².